The lowest BCUT2D eigenvalue weighted by Crippen LogP contribution is -2.29. The smallest absolute Gasteiger partial charge is 0.332 e. The van der Waals surface area contributed by atoms with Gasteiger partial charge in [0.15, 0.2) is 0 Å². The highest BCUT2D eigenvalue weighted by Crippen LogP contribution is 1.95. The molecule has 2 aromatic heterocycles. The summed E-state index contributed by atoms with van der Waals surface area (Å²) >= 11 is 0. The van der Waals surface area contributed by atoms with Crippen LogP contribution in [0.25, 0.3) is 0 Å². The molecule has 0 aliphatic heterocycles. The largest absolute Gasteiger partial charge is 0.462 e. The molecule has 0 bridgehead atoms. The van der Waals surface area contributed by atoms with E-state index in [4.69, 9.17) is 14.2 Å². The maximum atomic E-state index is 11.8. The molecule has 2 rings (SSSR count). The van der Waals surface area contributed by atoms with Gasteiger partial charge in [0.25, 0.3) is 11.8 Å². The lowest BCUT2D eigenvalue weighted by atomic mass is 10.3. The van der Waals surface area contributed by atoms with Crippen molar-refractivity contribution in [2.45, 2.75) is 0 Å². The van der Waals surface area contributed by atoms with Crippen LogP contribution in [0.1, 0.15) is 20.7 Å². The van der Waals surface area contributed by atoms with Crippen molar-refractivity contribution in [3.05, 3.63) is 60.2 Å². The van der Waals surface area contributed by atoms with Crippen LogP contribution in [0.4, 0.5) is 0 Å². The van der Waals surface area contributed by atoms with Gasteiger partial charge in [-0.3, -0.25) is 19.6 Å². The topological polar surface area (TPSA) is 146 Å². The van der Waals surface area contributed by atoms with Gasteiger partial charge < -0.3 is 24.8 Å². The molecule has 0 aliphatic carbocycles. The lowest BCUT2D eigenvalue weighted by Gasteiger charge is -2.08. The minimum Gasteiger partial charge on any atom is -0.462 e. The molecule has 0 spiro atoms. The van der Waals surface area contributed by atoms with Crippen molar-refractivity contribution >= 4 is 23.8 Å². The van der Waals surface area contributed by atoms with Gasteiger partial charge in [-0.15, -0.1) is 0 Å². The molecule has 2 N–H and O–H groups in total. The molecule has 2 heterocycles. The molecule has 0 aliphatic rings. The van der Waals surface area contributed by atoms with Crippen LogP contribution in [0.15, 0.2) is 49.1 Å². The summed E-state index contributed by atoms with van der Waals surface area (Å²) in [7, 11) is 0. The van der Waals surface area contributed by atoms with Crippen LogP contribution in [-0.4, -0.2) is 73.2 Å². The molecule has 0 saturated heterocycles. The molecule has 0 unspecified atom stereocenters. The second-order valence-electron chi connectivity index (χ2n) is 5.93. The fourth-order valence-electron chi connectivity index (χ4n) is 2.16. The Morgan fingerprint density at radius 3 is 1.58 bits per heavy atom. The van der Waals surface area contributed by atoms with E-state index in [1.807, 2.05) is 0 Å². The minimum absolute atomic E-state index is 0.0464. The number of carbonyl (C=O) groups is 4. The van der Waals surface area contributed by atoms with Gasteiger partial charge in [0.1, 0.15) is 26.4 Å². The molecule has 0 radical (unpaired) electrons. The number of aromatic nitrogens is 2. The average Bonchev–Trinajstić information content (AvgIpc) is 2.80. The highest BCUT2D eigenvalue weighted by molar-refractivity contribution is 5.94. The maximum absolute atomic E-state index is 11.8. The Bertz CT molecular complexity index is 791. The van der Waals surface area contributed by atoms with Crippen LogP contribution in [0, 0.1) is 0 Å². The average molecular weight is 430 g/mol. The SMILES string of the molecule is O=C(COCC(=O)OCCNC(=O)c1cccnc1)OCCNC(=O)c1cccnc1. The summed E-state index contributed by atoms with van der Waals surface area (Å²) in [5.74, 6) is -2.04. The van der Waals surface area contributed by atoms with E-state index in [1.54, 1.807) is 36.7 Å². The summed E-state index contributed by atoms with van der Waals surface area (Å²) in [6, 6.07) is 6.48. The van der Waals surface area contributed by atoms with E-state index in [2.05, 4.69) is 20.6 Å². The number of pyridine rings is 2. The van der Waals surface area contributed by atoms with Gasteiger partial charge in [-0.25, -0.2) is 9.59 Å². The second kappa shape index (κ2) is 13.4. The van der Waals surface area contributed by atoms with E-state index >= 15 is 0 Å². The molecule has 31 heavy (non-hydrogen) atoms. The fraction of sp³-hybridized carbons (Fsp3) is 0.300. The van der Waals surface area contributed by atoms with Gasteiger partial charge in [-0.1, -0.05) is 0 Å². The monoisotopic (exact) mass is 430 g/mol. The molecule has 11 nitrogen and oxygen atoms in total. The fourth-order valence-corrected chi connectivity index (χ4v) is 2.16. The summed E-state index contributed by atoms with van der Waals surface area (Å²) in [4.78, 5) is 54.3. The number of hydrogen-bond acceptors (Lipinski definition) is 9. The summed E-state index contributed by atoms with van der Waals surface area (Å²) in [5, 5.41) is 5.14. The molecule has 0 aromatic carbocycles. The number of nitrogens with one attached hydrogen (secondary N) is 2. The van der Waals surface area contributed by atoms with Crippen LogP contribution >= 0.6 is 0 Å². The third-order valence-electron chi connectivity index (χ3n) is 3.59. The van der Waals surface area contributed by atoms with Crippen LogP contribution in [0.5, 0.6) is 0 Å². The molecule has 11 heteroatoms. The van der Waals surface area contributed by atoms with Gasteiger partial charge in [-0.05, 0) is 24.3 Å². The van der Waals surface area contributed by atoms with E-state index in [-0.39, 0.29) is 38.1 Å². The predicted octanol–water partition coefficient (Wildman–Crippen LogP) is -0.261. The lowest BCUT2D eigenvalue weighted by molar-refractivity contribution is -0.155. The summed E-state index contributed by atoms with van der Waals surface area (Å²) in [6.45, 7) is -0.740. The van der Waals surface area contributed by atoms with Gasteiger partial charge >= 0.3 is 11.9 Å². The maximum Gasteiger partial charge on any atom is 0.332 e. The Balaban J connectivity index is 1.46. The third kappa shape index (κ3) is 9.45. The number of amides is 2. The van der Waals surface area contributed by atoms with Crippen molar-refractivity contribution in [3.8, 4) is 0 Å². The third-order valence-corrected chi connectivity index (χ3v) is 3.59. The van der Waals surface area contributed by atoms with Crippen LogP contribution < -0.4 is 10.6 Å². The van der Waals surface area contributed by atoms with Gasteiger partial charge in [0.2, 0.25) is 0 Å². The zero-order chi connectivity index (χ0) is 22.3. The Morgan fingerprint density at radius 1 is 0.742 bits per heavy atom. The van der Waals surface area contributed by atoms with Crippen LogP contribution in [0.2, 0.25) is 0 Å². The first-order valence-electron chi connectivity index (χ1n) is 9.31. The Hall–Kier alpha value is -3.86. The molecule has 0 fully saturated rings. The van der Waals surface area contributed by atoms with E-state index in [9.17, 15) is 19.2 Å². The predicted molar refractivity (Wildman–Crippen MR) is 106 cm³/mol. The second-order valence-corrected chi connectivity index (χ2v) is 5.93. The number of ether oxygens (including phenoxy) is 3. The minimum atomic E-state index is -0.688. The van der Waals surface area contributed by atoms with E-state index < -0.39 is 25.2 Å². The van der Waals surface area contributed by atoms with Crippen LogP contribution in [-0.2, 0) is 23.8 Å². The van der Waals surface area contributed by atoms with Crippen molar-refractivity contribution in [3.63, 3.8) is 0 Å². The molecule has 2 aromatic rings. The molecular formula is C20H22N4O7. The molecular weight excluding hydrogens is 408 g/mol. The molecule has 164 valence electrons. The van der Waals surface area contributed by atoms with Crippen molar-refractivity contribution in [2.24, 2.45) is 0 Å². The van der Waals surface area contributed by atoms with E-state index in [0.717, 1.165) is 0 Å². The zero-order valence-electron chi connectivity index (χ0n) is 16.6. The summed E-state index contributed by atoms with van der Waals surface area (Å²) in [5.41, 5.74) is 0.791. The van der Waals surface area contributed by atoms with Gasteiger partial charge in [-0.2, -0.15) is 0 Å². The van der Waals surface area contributed by atoms with Crippen molar-refractivity contribution in [1.82, 2.24) is 20.6 Å². The molecule has 2 amide bonds. The highest BCUT2D eigenvalue weighted by Gasteiger charge is 2.09. The van der Waals surface area contributed by atoms with Crippen LogP contribution in [0.3, 0.4) is 0 Å². The summed E-state index contributed by atoms with van der Waals surface area (Å²) < 4.78 is 14.7. The molecule has 0 atom stereocenters. The first kappa shape index (κ1) is 23.4. The van der Waals surface area contributed by atoms with Crippen molar-refractivity contribution in [2.75, 3.05) is 39.5 Å². The first-order chi connectivity index (χ1) is 15.1. The van der Waals surface area contributed by atoms with Crippen molar-refractivity contribution in [1.29, 1.82) is 0 Å². The Labute approximate surface area is 178 Å². The summed E-state index contributed by atoms with van der Waals surface area (Å²) in [6.07, 6.45) is 5.94. The molecule has 0 saturated carbocycles. The van der Waals surface area contributed by atoms with Gasteiger partial charge in [0.05, 0.1) is 24.2 Å². The van der Waals surface area contributed by atoms with Crippen molar-refractivity contribution < 1.29 is 33.4 Å². The van der Waals surface area contributed by atoms with Gasteiger partial charge in [0, 0.05) is 24.8 Å². The number of rotatable bonds is 12. The quantitative estimate of drug-likeness (QED) is 0.343. The number of carbonyl (C=O) groups excluding carboxylic acids is 4. The van der Waals surface area contributed by atoms with E-state index in [0.29, 0.717) is 11.1 Å². The number of nitrogens with zero attached hydrogens (tertiary/aromatic N) is 2. The standard InChI is InChI=1S/C20H22N4O7/c25-17(30-9-7-23-19(27)15-3-1-5-21-11-15)13-29-14-18(26)31-10-8-24-20(28)16-4-2-6-22-12-16/h1-6,11-12H,7-10,13-14H2,(H,23,27)(H,24,28). The normalized spacial score (nSPS) is 10.1. The number of hydrogen-bond donors (Lipinski definition) is 2. The Kier molecular flexibility index (Phi) is 10.1. The zero-order valence-corrected chi connectivity index (χ0v) is 16.6. The Morgan fingerprint density at radius 2 is 1.19 bits per heavy atom. The number of esters is 2. The first-order valence-corrected chi connectivity index (χ1v) is 9.31. The van der Waals surface area contributed by atoms with E-state index in [1.165, 1.54) is 12.4 Å². The highest BCUT2D eigenvalue weighted by atomic mass is 16.6.